The molecular weight excluding hydrogens is 281 g/mol. The Hall–Kier alpha value is -0.0900. The maximum Gasteiger partial charge on any atom is 0.328 e. The van der Waals surface area contributed by atoms with Crippen molar-refractivity contribution < 1.29 is 39.9 Å². The smallest absolute Gasteiger partial charge is 0.328 e. The SMILES string of the molecule is O=P(O)(O)C[C@@H](O)C[C@@H]1N[C@@H]([C@H](O)CO)[C@H](O)[C@H]1O. The Morgan fingerprint density at radius 3 is 2.21 bits per heavy atom. The van der Waals surface area contributed by atoms with Gasteiger partial charge in [-0.1, -0.05) is 0 Å². The third-order valence-electron chi connectivity index (χ3n) is 3.11. The van der Waals surface area contributed by atoms with Crippen molar-refractivity contribution in [3.05, 3.63) is 0 Å². The van der Waals surface area contributed by atoms with Crippen molar-refractivity contribution >= 4 is 7.60 Å². The van der Waals surface area contributed by atoms with Crippen LogP contribution in [-0.2, 0) is 4.57 Å². The van der Waals surface area contributed by atoms with E-state index in [0.29, 0.717) is 0 Å². The summed E-state index contributed by atoms with van der Waals surface area (Å²) in [6, 6.07) is -1.80. The van der Waals surface area contributed by atoms with Crippen LogP contribution in [0.15, 0.2) is 0 Å². The molecule has 1 fully saturated rings. The minimum atomic E-state index is -4.37. The quantitative estimate of drug-likeness (QED) is 0.230. The van der Waals surface area contributed by atoms with Gasteiger partial charge in [-0.25, -0.2) is 0 Å². The second-order valence-corrected chi connectivity index (χ2v) is 6.46. The van der Waals surface area contributed by atoms with Crippen LogP contribution in [0.1, 0.15) is 6.42 Å². The summed E-state index contributed by atoms with van der Waals surface area (Å²) in [4.78, 5) is 17.4. The minimum absolute atomic E-state index is 0.196. The van der Waals surface area contributed by atoms with Crippen molar-refractivity contribution in [2.24, 2.45) is 0 Å². The normalized spacial score (nSPS) is 35.3. The van der Waals surface area contributed by atoms with Gasteiger partial charge >= 0.3 is 7.60 Å². The molecule has 1 aliphatic rings. The summed E-state index contributed by atoms with van der Waals surface area (Å²) < 4.78 is 10.7. The van der Waals surface area contributed by atoms with Crippen molar-refractivity contribution in [3.63, 3.8) is 0 Å². The molecule has 0 aromatic carbocycles. The van der Waals surface area contributed by atoms with Crippen molar-refractivity contribution in [3.8, 4) is 0 Å². The van der Waals surface area contributed by atoms with Gasteiger partial charge in [0.25, 0.3) is 0 Å². The lowest BCUT2D eigenvalue weighted by Gasteiger charge is -2.20. The van der Waals surface area contributed by atoms with E-state index in [1.807, 2.05) is 0 Å². The van der Waals surface area contributed by atoms with Gasteiger partial charge in [-0.15, -0.1) is 0 Å². The lowest BCUT2D eigenvalue weighted by molar-refractivity contribution is -0.0145. The number of hydrogen-bond acceptors (Lipinski definition) is 7. The largest absolute Gasteiger partial charge is 0.394 e. The number of nitrogens with one attached hydrogen (secondary N) is 1. The molecule has 0 radical (unpaired) electrons. The highest BCUT2D eigenvalue weighted by atomic mass is 31.2. The number of hydrogen-bond donors (Lipinski definition) is 8. The lowest BCUT2D eigenvalue weighted by atomic mass is 10.0. The molecule has 0 aliphatic carbocycles. The lowest BCUT2D eigenvalue weighted by Crippen LogP contribution is -2.45. The van der Waals surface area contributed by atoms with Crippen LogP contribution in [0.3, 0.4) is 0 Å². The van der Waals surface area contributed by atoms with E-state index in [2.05, 4.69) is 5.32 Å². The zero-order chi connectivity index (χ0) is 14.8. The number of rotatable bonds is 6. The Labute approximate surface area is 109 Å². The van der Waals surface area contributed by atoms with Crippen LogP contribution in [0, 0.1) is 0 Å². The van der Waals surface area contributed by atoms with E-state index in [1.54, 1.807) is 0 Å². The van der Waals surface area contributed by atoms with E-state index in [9.17, 15) is 25.0 Å². The molecule has 8 N–H and O–H groups in total. The fraction of sp³-hybridized carbons (Fsp3) is 1.00. The Morgan fingerprint density at radius 1 is 1.16 bits per heavy atom. The van der Waals surface area contributed by atoms with Gasteiger partial charge in [0.2, 0.25) is 0 Å². The standard InChI is InChI=1S/C9H20NO8P/c11-2-6(13)7-9(15)8(14)5(10-7)1-4(12)3-19(16,17)18/h4-15H,1-3H2,(H2,16,17,18)/t4-,5-,6+,7-,8-,9-/m0/s1. The molecule has 0 spiro atoms. The van der Waals surface area contributed by atoms with Crippen molar-refractivity contribution in [2.45, 2.75) is 42.9 Å². The van der Waals surface area contributed by atoms with Gasteiger partial charge in [-0.2, -0.15) is 0 Å². The number of aliphatic hydroxyl groups is 5. The van der Waals surface area contributed by atoms with Gasteiger partial charge in [-0.3, -0.25) is 4.57 Å². The molecule has 1 saturated heterocycles. The first-order valence-electron chi connectivity index (χ1n) is 5.79. The summed E-state index contributed by atoms with van der Waals surface area (Å²) in [6.45, 7) is -0.612. The fourth-order valence-corrected chi connectivity index (χ4v) is 2.89. The molecule has 0 aromatic rings. The van der Waals surface area contributed by atoms with Crippen LogP contribution >= 0.6 is 7.60 Å². The highest BCUT2D eigenvalue weighted by Gasteiger charge is 2.44. The second kappa shape index (κ2) is 6.57. The van der Waals surface area contributed by atoms with Crippen LogP contribution in [0.4, 0.5) is 0 Å². The summed E-state index contributed by atoms with van der Waals surface area (Å²) >= 11 is 0. The second-order valence-electron chi connectivity index (χ2n) is 4.77. The molecular formula is C9H20NO8P. The predicted molar refractivity (Wildman–Crippen MR) is 63.4 cm³/mol. The molecule has 0 aromatic heterocycles. The van der Waals surface area contributed by atoms with Crippen LogP contribution in [0.25, 0.3) is 0 Å². The van der Waals surface area contributed by atoms with Crippen LogP contribution < -0.4 is 5.32 Å². The molecule has 0 saturated carbocycles. The average Bonchev–Trinajstić information content (AvgIpc) is 2.54. The minimum Gasteiger partial charge on any atom is -0.394 e. The van der Waals surface area contributed by atoms with Crippen LogP contribution in [0.2, 0.25) is 0 Å². The first kappa shape index (κ1) is 17.0. The highest BCUT2D eigenvalue weighted by Crippen LogP contribution is 2.36. The van der Waals surface area contributed by atoms with E-state index < -0.39 is 56.9 Å². The van der Waals surface area contributed by atoms with Crippen LogP contribution in [-0.4, -0.2) is 84.6 Å². The molecule has 0 amide bonds. The summed E-state index contributed by atoms with van der Waals surface area (Å²) in [5.74, 6) is 0. The molecule has 1 heterocycles. The van der Waals surface area contributed by atoms with E-state index in [-0.39, 0.29) is 6.42 Å². The molecule has 6 atom stereocenters. The van der Waals surface area contributed by atoms with Crippen molar-refractivity contribution in [2.75, 3.05) is 12.8 Å². The zero-order valence-corrected chi connectivity index (χ0v) is 11.0. The van der Waals surface area contributed by atoms with Crippen molar-refractivity contribution in [1.29, 1.82) is 0 Å². The summed E-state index contributed by atoms with van der Waals surface area (Å²) in [7, 11) is -4.37. The van der Waals surface area contributed by atoms with Gasteiger partial charge in [-0.05, 0) is 6.42 Å². The Kier molecular flexibility index (Phi) is 5.87. The molecule has 0 bridgehead atoms. The van der Waals surface area contributed by atoms with Crippen molar-refractivity contribution in [1.82, 2.24) is 5.32 Å². The first-order chi connectivity index (χ1) is 8.65. The maximum absolute atomic E-state index is 10.7. The Balaban J connectivity index is 2.58. The van der Waals surface area contributed by atoms with Gasteiger partial charge in [0.1, 0.15) is 0 Å². The summed E-state index contributed by atoms with van der Waals surface area (Å²) in [5.41, 5.74) is 0. The fourth-order valence-electron chi connectivity index (χ4n) is 2.20. The Bertz CT molecular complexity index is 336. The monoisotopic (exact) mass is 301 g/mol. The zero-order valence-electron chi connectivity index (χ0n) is 10.1. The first-order valence-corrected chi connectivity index (χ1v) is 7.59. The van der Waals surface area contributed by atoms with Crippen LogP contribution in [0.5, 0.6) is 0 Å². The molecule has 114 valence electrons. The molecule has 1 aliphatic heterocycles. The molecule has 1 rings (SSSR count). The highest BCUT2D eigenvalue weighted by molar-refractivity contribution is 7.51. The summed E-state index contributed by atoms with van der Waals surface area (Å²) in [5, 5.41) is 49.7. The van der Waals surface area contributed by atoms with Gasteiger partial charge in [0.15, 0.2) is 0 Å². The van der Waals surface area contributed by atoms with Gasteiger partial charge in [0, 0.05) is 6.04 Å². The van der Waals surface area contributed by atoms with E-state index in [0.717, 1.165) is 0 Å². The van der Waals surface area contributed by atoms with Gasteiger partial charge < -0.3 is 40.6 Å². The molecule has 9 nitrogen and oxygen atoms in total. The summed E-state index contributed by atoms with van der Waals surface area (Å²) in [6.07, 6.45) is -6.23. The molecule has 19 heavy (non-hydrogen) atoms. The van der Waals surface area contributed by atoms with E-state index in [4.69, 9.17) is 14.9 Å². The van der Waals surface area contributed by atoms with E-state index >= 15 is 0 Å². The molecule has 0 unspecified atom stereocenters. The third-order valence-corrected chi connectivity index (χ3v) is 4.01. The van der Waals surface area contributed by atoms with Gasteiger partial charge in [0.05, 0.1) is 43.2 Å². The van der Waals surface area contributed by atoms with E-state index in [1.165, 1.54) is 0 Å². The Morgan fingerprint density at radius 2 is 1.74 bits per heavy atom. The third kappa shape index (κ3) is 4.75. The number of aliphatic hydroxyl groups excluding tert-OH is 5. The maximum atomic E-state index is 10.7. The predicted octanol–water partition coefficient (Wildman–Crippen LogP) is -3.67. The topological polar surface area (TPSA) is 171 Å². The molecule has 10 heteroatoms. The average molecular weight is 301 g/mol.